The molecule has 0 aromatic carbocycles. The summed E-state index contributed by atoms with van der Waals surface area (Å²) in [5.41, 5.74) is 0.498. The molecule has 0 bridgehead atoms. The van der Waals surface area contributed by atoms with E-state index in [2.05, 4.69) is 9.97 Å². The van der Waals surface area contributed by atoms with E-state index in [0.717, 1.165) is 19.3 Å². The summed E-state index contributed by atoms with van der Waals surface area (Å²) in [6.45, 7) is 0. The Morgan fingerprint density at radius 1 is 1.40 bits per heavy atom. The van der Waals surface area contributed by atoms with Gasteiger partial charge in [0, 0.05) is 24.7 Å². The van der Waals surface area contributed by atoms with Gasteiger partial charge in [0.05, 0.1) is 11.9 Å². The number of hydrogen-bond donors (Lipinski definition) is 1. The van der Waals surface area contributed by atoms with Gasteiger partial charge in [-0.25, -0.2) is 0 Å². The Kier molecular flexibility index (Phi) is 3.06. The van der Waals surface area contributed by atoms with E-state index in [1.165, 1.54) is 12.4 Å². The minimum Gasteiger partial charge on any atom is -0.386 e. The Labute approximate surface area is 88.4 Å². The van der Waals surface area contributed by atoms with Gasteiger partial charge in [-0.05, 0) is 12.8 Å². The molecule has 2 rings (SSSR count). The molecule has 0 saturated heterocycles. The lowest BCUT2D eigenvalue weighted by Crippen LogP contribution is -2.26. The fourth-order valence-electron chi connectivity index (χ4n) is 2.01. The molecule has 1 aromatic rings. The van der Waals surface area contributed by atoms with Gasteiger partial charge in [0.15, 0.2) is 0 Å². The number of nitrogens with zero attached hydrogens (tertiary/aromatic N) is 2. The summed E-state index contributed by atoms with van der Waals surface area (Å²) >= 11 is 0. The smallest absolute Gasteiger partial charge is 0.138 e. The second-order valence-electron chi connectivity index (χ2n) is 3.89. The Bertz CT molecular complexity index is 340. The summed E-state index contributed by atoms with van der Waals surface area (Å²) in [5.74, 6) is -0.130. The zero-order valence-electron chi connectivity index (χ0n) is 8.47. The van der Waals surface area contributed by atoms with Crippen LogP contribution < -0.4 is 0 Å². The molecule has 1 N–H and O–H groups in total. The number of ketones is 1. The molecule has 0 radical (unpaired) electrons. The van der Waals surface area contributed by atoms with Crippen molar-refractivity contribution in [1.82, 2.24) is 9.97 Å². The van der Waals surface area contributed by atoms with Crippen LogP contribution in [0.25, 0.3) is 0 Å². The van der Waals surface area contributed by atoms with Gasteiger partial charge < -0.3 is 5.11 Å². The Balaban J connectivity index is 2.13. The van der Waals surface area contributed by atoms with Crippen molar-refractivity contribution in [3.8, 4) is 0 Å². The Morgan fingerprint density at radius 2 is 2.27 bits per heavy atom. The Hall–Kier alpha value is -1.29. The van der Waals surface area contributed by atoms with Gasteiger partial charge in [0.1, 0.15) is 11.9 Å². The molecule has 0 spiro atoms. The molecule has 4 nitrogen and oxygen atoms in total. The summed E-state index contributed by atoms with van der Waals surface area (Å²) in [7, 11) is 0. The predicted molar refractivity (Wildman–Crippen MR) is 54.0 cm³/mol. The number of Topliss-reactive ketones (excluding diaryl/α,β-unsaturated/α-hetero) is 1. The van der Waals surface area contributed by atoms with Crippen molar-refractivity contribution in [2.75, 3.05) is 0 Å². The van der Waals surface area contributed by atoms with Crippen LogP contribution in [0.3, 0.4) is 0 Å². The third kappa shape index (κ3) is 2.21. The normalized spacial score (nSPS) is 23.8. The van der Waals surface area contributed by atoms with E-state index in [1.807, 2.05) is 0 Å². The van der Waals surface area contributed by atoms with Crippen molar-refractivity contribution in [2.45, 2.75) is 31.8 Å². The van der Waals surface area contributed by atoms with Crippen LogP contribution in [0.5, 0.6) is 0 Å². The van der Waals surface area contributed by atoms with Crippen molar-refractivity contribution in [2.24, 2.45) is 5.92 Å². The van der Waals surface area contributed by atoms with Crippen LogP contribution in [-0.4, -0.2) is 20.9 Å². The molecule has 15 heavy (non-hydrogen) atoms. The van der Waals surface area contributed by atoms with Crippen molar-refractivity contribution in [3.63, 3.8) is 0 Å². The van der Waals surface area contributed by atoms with Gasteiger partial charge in [-0.2, -0.15) is 0 Å². The summed E-state index contributed by atoms with van der Waals surface area (Å²) in [5, 5.41) is 9.99. The lowest BCUT2D eigenvalue weighted by atomic mass is 9.83. The first kappa shape index (κ1) is 10.2. The number of carbonyl (C=O) groups excluding carboxylic acids is 1. The highest BCUT2D eigenvalue weighted by atomic mass is 16.3. The first-order valence-corrected chi connectivity index (χ1v) is 5.26. The molecule has 4 heteroatoms. The van der Waals surface area contributed by atoms with E-state index in [4.69, 9.17) is 0 Å². The summed E-state index contributed by atoms with van der Waals surface area (Å²) in [6, 6.07) is 0. The second kappa shape index (κ2) is 4.49. The van der Waals surface area contributed by atoms with Gasteiger partial charge in [-0.3, -0.25) is 14.8 Å². The second-order valence-corrected chi connectivity index (χ2v) is 3.89. The highest BCUT2D eigenvalue weighted by Gasteiger charge is 2.30. The fourth-order valence-corrected chi connectivity index (χ4v) is 2.01. The molecule has 1 saturated carbocycles. The summed E-state index contributed by atoms with van der Waals surface area (Å²) < 4.78 is 0. The van der Waals surface area contributed by atoms with Crippen LogP contribution >= 0.6 is 0 Å². The molecular formula is C11H14N2O2. The fraction of sp³-hybridized carbons (Fsp3) is 0.545. The van der Waals surface area contributed by atoms with E-state index in [-0.39, 0.29) is 11.7 Å². The molecule has 1 fully saturated rings. The SMILES string of the molecule is O=C1CCCC[C@H]1[C@@H](O)c1cnccn1. The van der Waals surface area contributed by atoms with E-state index in [0.29, 0.717) is 12.1 Å². The number of rotatable bonds is 2. The van der Waals surface area contributed by atoms with E-state index in [1.54, 1.807) is 6.20 Å². The third-order valence-corrected chi connectivity index (χ3v) is 2.87. The minimum absolute atomic E-state index is 0.152. The quantitative estimate of drug-likeness (QED) is 0.791. The molecule has 0 aliphatic heterocycles. The highest BCUT2D eigenvalue weighted by Crippen LogP contribution is 2.30. The molecule has 1 heterocycles. The monoisotopic (exact) mass is 206 g/mol. The van der Waals surface area contributed by atoms with Crippen molar-refractivity contribution in [3.05, 3.63) is 24.3 Å². The van der Waals surface area contributed by atoms with Crippen LogP contribution in [0.2, 0.25) is 0 Å². The standard InChI is InChI=1S/C11H14N2O2/c14-10-4-2-1-3-8(10)11(15)9-7-12-5-6-13-9/h5-8,11,15H,1-4H2/t8-,11-/m1/s1. The zero-order chi connectivity index (χ0) is 10.7. The van der Waals surface area contributed by atoms with E-state index in [9.17, 15) is 9.90 Å². The predicted octanol–water partition coefficient (Wildman–Crippen LogP) is 1.27. The molecule has 0 unspecified atom stereocenters. The topological polar surface area (TPSA) is 63.1 Å². The average Bonchev–Trinajstić information content (AvgIpc) is 2.30. The first-order chi connectivity index (χ1) is 7.29. The van der Waals surface area contributed by atoms with Crippen molar-refractivity contribution in [1.29, 1.82) is 0 Å². The lowest BCUT2D eigenvalue weighted by molar-refractivity contribution is -0.128. The molecule has 0 amide bonds. The molecule has 2 atom stereocenters. The largest absolute Gasteiger partial charge is 0.386 e. The van der Waals surface area contributed by atoms with Crippen LogP contribution in [0.15, 0.2) is 18.6 Å². The number of aromatic nitrogens is 2. The maximum absolute atomic E-state index is 11.6. The van der Waals surface area contributed by atoms with Crippen LogP contribution in [0.4, 0.5) is 0 Å². The maximum Gasteiger partial charge on any atom is 0.138 e. The number of aliphatic hydroxyl groups is 1. The molecule has 1 aliphatic carbocycles. The zero-order valence-corrected chi connectivity index (χ0v) is 8.47. The molecular weight excluding hydrogens is 192 g/mol. The van der Waals surface area contributed by atoms with Crippen LogP contribution in [0, 0.1) is 5.92 Å². The third-order valence-electron chi connectivity index (χ3n) is 2.87. The molecule has 1 aromatic heterocycles. The van der Waals surface area contributed by atoms with E-state index >= 15 is 0 Å². The number of carbonyl (C=O) groups is 1. The maximum atomic E-state index is 11.6. The van der Waals surface area contributed by atoms with Gasteiger partial charge in [0.25, 0.3) is 0 Å². The van der Waals surface area contributed by atoms with E-state index < -0.39 is 6.10 Å². The Morgan fingerprint density at radius 3 is 2.93 bits per heavy atom. The molecule has 1 aliphatic rings. The summed E-state index contributed by atoms with van der Waals surface area (Å²) in [4.78, 5) is 19.5. The van der Waals surface area contributed by atoms with Gasteiger partial charge in [0.2, 0.25) is 0 Å². The van der Waals surface area contributed by atoms with Crippen molar-refractivity contribution < 1.29 is 9.90 Å². The lowest BCUT2D eigenvalue weighted by Gasteiger charge is -2.24. The molecule has 80 valence electrons. The van der Waals surface area contributed by atoms with Crippen molar-refractivity contribution >= 4 is 5.78 Å². The number of hydrogen-bond acceptors (Lipinski definition) is 4. The van der Waals surface area contributed by atoms with Crippen LogP contribution in [-0.2, 0) is 4.79 Å². The van der Waals surface area contributed by atoms with Crippen LogP contribution in [0.1, 0.15) is 37.5 Å². The first-order valence-electron chi connectivity index (χ1n) is 5.26. The number of aliphatic hydroxyl groups excluding tert-OH is 1. The minimum atomic E-state index is -0.786. The van der Waals surface area contributed by atoms with Gasteiger partial charge in [-0.15, -0.1) is 0 Å². The van der Waals surface area contributed by atoms with Gasteiger partial charge >= 0.3 is 0 Å². The summed E-state index contributed by atoms with van der Waals surface area (Å²) in [6.07, 6.45) is 7.12. The highest BCUT2D eigenvalue weighted by molar-refractivity contribution is 5.82. The van der Waals surface area contributed by atoms with Gasteiger partial charge in [-0.1, -0.05) is 6.42 Å². The average molecular weight is 206 g/mol.